The van der Waals surface area contributed by atoms with Gasteiger partial charge in [-0.2, -0.15) is 5.10 Å². The van der Waals surface area contributed by atoms with Crippen molar-refractivity contribution in [2.24, 2.45) is 5.10 Å². The zero-order chi connectivity index (χ0) is 16.5. The molecule has 0 fully saturated rings. The summed E-state index contributed by atoms with van der Waals surface area (Å²) in [6.07, 6.45) is 2.29. The van der Waals surface area contributed by atoms with Gasteiger partial charge in [-0.3, -0.25) is 4.79 Å². The lowest BCUT2D eigenvalue weighted by Gasteiger charge is -2.20. The van der Waals surface area contributed by atoms with Crippen molar-refractivity contribution in [2.75, 3.05) is 0 Å². The fourth-order valence-corrected chi connectivity index (χ4v) is 3.71. The molecule has 1 aromatic carbocycles. The van der Waals surface area contributed by atoms with E-state index in [1.165, 1.54) is 0 Å². The molecule has 0 bridgehead atoms. The monoisotopic (exact) mass is 336 g/mol. The smallest absolute Gasteiger partial charge is 0.274 e. The third-order valence-electron chi connectivity index (χ3n) is 4.06. The van der Waals surface area contributed by atoms with Gasteiger partial charge in [-0.1, -0.05) is 23.8 Å². The summed E-state index contributed by atoms with van der Waals surface area (Å²) in [5.74, 6) is 0.634. The van der Waals surface area contributed by atoms with E-state index in [0.717, 1.165) is 21.9 Å². The summed E-state index contributed by atoms with van der Waals surface area (Å²) in [5.41, 5.74) is 2.52. The van der Waals surface area contributed by atoms with Crippen LogP contribution in [0.15, 0.2) is 69.7 Å². The summed E-state index contributed by atoms with van der Waals surface area (Å²) in [7, 11) is 0. The molecule has 2 aromatic heterocycles. The van der Waals surface area contributed by atoms with Crippen molar-refractivity contribution < 1.29 is 9.21 Å². The SMILES string of the molecule is Cc1cccc(C(=O)N2N=C(c3ccco3)C[C@H]2c2cccs2)c1. The molecule has 4 rings (SSSR count). The van der Waals surface area contributed by atoms with E-state index in [4.69, 9.17) is 4.42 Å². The highest BCUT2D eigenvalue weighted by Crippen LogP contribution is 2.36. The van der Waals surface area contributed by atoms with Gasteiger partial charge in [0.05, 0.1) is 12.3 Å². The second kappa shape index (κ2) is 6.09. The second-order valence-corrected chi connectivity index (χ2v) is 6.76. The average Bonchev–Trinajstić information content (AvgIpc) is 3.32. The topological polar surface area (TPSA) is 45.8 Å². The molecule has 0 N–H and O–H groups in total. The van der Waals surface area contributed by atoms with Crippen LogP contribution in [0.3, 0.4) is 0 Å². The third kappa shape index (κ3) is 2.67. The second-order valence-electron chi connectivity index (χ2n) is 5.78. The molecule has 3 aromatic rings. The normalized spacial score (nSPS) is 17.1. The molecule has 0 saturated heterocycles. The van der Waals surface area contributed by atoms with Gasteiger partial charge in [-0.25, -0.2) is 5.01 Å². The molecule has 0 unspecified atom stereocenters. The van der Waals surface area contributed by atoms with Gasteiger partial charge in [0.25, 0.3) is 5.91 Å². The fourth-order valence-electron chi connectivity index (χ4n) is 2.90. The Morgan fingerprint density at radius 1 is 1.25 bits per heavy atom. The van der Waals surface area contributed by atoms with E-state index in [-0.39, 0.29) is 11.9 Å². The van der Waals surface area contributed by atoms with Gasteiger partial charge in [0.15, 0.2) is 0 Å². The number of hydrogen-bond acceptors (Lipinski definition) is 4. The van der Waals surface area contributed by atoms with Crippen LogP contribution in [-0.4, -0.2) is 16.6 Å². The quantitative estimate of drug-likeness (QED) is 0.699. The first-order chi connectivity index (χ1) is 11.7. The molecule has 4 nitrogen and oxygen atoms in total. The minimum Gasteiger partial charge on any atom is -0.463 e. The predicted octanol–water partition coefficient (Wildman–Crippen LogP) is 4.64. The maximum atomic E-state index is 13.0. The summed E-state index contributed by atoms with van der Waals surface area (Å²) in [4.78, 5) is 14.1. The van der Waals surface area contributed by atoms with Gasteiger partial charge in [0, 0.05) is 16.9 Å². The molecule has 1 atom stereocenters. The Kier molecular flexibility index (Phi) is 3.78. The Bertz CT molecular complexity index is 882. The molecule has 0 saturated carbocycles. The maximum absolute atomic E-state index is 13.0. The van der Waals surface area contributed by atoms with E-state index in [0.29, 0.717) is 12.0 Å². The summed E-state index contributed by atoms with van der Waals surface area (Å²) in [6, 6.07) is 15.3. The number of thiophene rings is 1. The molecular weight excluding hydrogens is 320 g/mol. The van der Waals surface area contributed by atoms with Crippen molar-refractivity contribution >= 4 is 23.0 Å². The number of nitrogens with zero attached hydrogens (tertiary/aromatic N) is 2. The highest BCUT2D eigenvalue weighted by Gasteiger charge is 2.35. The van der Waals surface area contributed by atoms with Crippen LogP contribution >= 0.6 is 11.3 Å². The van der Waals surface area contributed by atoms with Crippen LogP contribution in [0.25, 0.3) is 0 Å². The zero-order valence-electron chi connectivity index (χ0n) is 13.2. The summed E-state index contributed by atoms with van der Waals surface area (Å²) in [6.45, 7) is 1.98. The molecular formula is C19H16N2O2S. The van der Waals surface area contributed by atoms with Gasteiger partial charge < -0.3 is 4.42 Å². The molecule has 24 heavy (non-hydrogen) atoms. The highest BCUT2D eigenvalue weighted by molar-refractivity contribution is 7.10. The van der Waals surface area contributed by atoms with E-state index in [1.54, 1.807) is 22.6 Å². The first-order valence-corrected chi connectivity index (χ1v) is 8.65. The van der Waals surface area contributed by atoms with Gasteiger partial charge >= 0.3 is 0 Å². The van der Waals surface area contributed by atoms with E-state index >= 15 is 0 Å². The first-order valence-electron chi connectivity index (χ1n) is 7.77. The molecule has 5 heteroatoms. The number of hydrogen-bond donors (Lipinski definition) is 0. The number of aryl methyl sites for hydroxylation is 1. The minimum absolute atomic E-state index is 0.0846. The van der Waals surface area contributed by atoms with Crippen molar-refractivity contribution in [3.63, 3.8) is 0 Å². The van der Waals surface area contributed by atoms with Crippen LogP contribution in [0, 0.1) is 6.92 Å². The molecule has 0 aliphatic carbocycles. The van der Waals surface area contributed by atoms with Gasteiger partial charge in [-0.05, 0) is 42.6 Å². The van der Waals surface area contributed by atoms with Crippen molar-refractivity contribution in [3.8, 4) is 0 Å². The van der Waals surface area contributed by atoms with Crippen LogP contribution in [0.2, 0.25) is 0 Å². The number of hydrazone groups is 1. The van der Waals surface area contributed by atoms with E-state index in [9.17, 15) is 4.79 Å². The Hall–Kier alpha value is -2.66. The Morgan fingerprint density at radius 2 is 2.17 bits per heavy atom. The van der Waals surface area contributed by atoms with Gasteiger partial charge in [0.2, 0.25) is 0 Å². The lowest BCUT2D eigenvalue weighted by atomic mass is 10.1. The Morgan fingerprint density at radius 3 is 2.88 bits per heavy atom. The van der Waals surface area contributed by atoms with Crippen molar-refractivity contribution in [1.29, 1.82) is 0 Å². The number of rotatable bonds is 3. The summed E-state index contributed by atoms with van der Waals surface area (Å²) >= 11 is 1.64. The van der Waals surface area contributed by atoms with Gasteiger partial charge in [-0.15, -0.1) is 11.3 Å². The highest BCUT2D eigenvalue weighted by atomic mass is 32.1. The number of benzene rings is 1. The Balaban J connectivity index is 1.72. The zero-order valence-corrected chi connectivity index (χ0v) is 14.0. The van der Waals surface area contributed by atoms with Crippen LogP contribution in [0.5, 0.6) is 0 Å². The van der Waals surface area contributed by atoms with Crippen LogP contribution < -0.4 is 0 Å². The summed E-state index contributed by atoms with van der Waals surface area (Å²) in [5, 5.41) is 8.21. The maximum Gasteiger partial charge on any atom is 0.274 e. The number of carbonyl (C=O) groups excluding carboxylic acids is 1. The van der Waals surface area contributed by atoms with Crippen molar-refractivity contribution in [3.05, 3.63) is 81.9 Å². The van der Waals surface area contributed by atoms with E-state index in [1.807, 2.05) is 60.8 Å². The Labute approximate surface area is 144 Å². The first kappa shape index (κ1) is 14.9. The molecule has 1 amide bonds. The van der Waals surface area contributed by atoms with Gasteiger partial charge in [0.1, 0.15) is 11.5 Å². The van der Waals surface area contributed by atoms with Crippen LogP contribution in [-0.2, 0) is 0 Å². The van der Waals surface area contributed by atoms with Crippen molar-refractivity contribution in [2.45, 2.75) is 19.4 Å². The van der Waals surface area contributed by atoms with Crippen molar-refractivity contribution in [1.82, 2.24) is 5.01 Å². The molecule has 3 heterocycles. The lowest BCUT2D eigenvalue weighted by molar-refractivity contribution is 0.0713. The number of amides is 1. The fraction of sp³-hybridized carbons (Fsp3) is 0.158. The summed E-state index contributed by atoms with van der Waals surface area (Å²) < 4.78 is 5.47. The number of carbonyl (C=O) groups is 1. The third-order valence-corrected chi connectivity index (χ3v) is 5.03. The van der Waals surface area contributed by atoms with Crippen LogP contribution in [0.4, 0.5) is 0 Å². The standard InChI is InChI=1S/C19H16N2O2S/c1-13-5-2-6-14(11-13)19(22)21-16(18-8-4-10-24-18)12-15(20-21)17-7-3-9-23-17/h2-11,16H,12H2,1H3/t16-/m0/s1. The predicted molar refractivity (Wildman–Crippen MR) is 94.3 cm³/mol. The molecule has 0 radical (unpaired) electrons. The molecule has 120 valence electrons. The number of furan rings is 1. The van der Waals surface area contributed by atoms with E-state index in [2.05, 4.69) is 5.10 Å². The molecule has 1 aliphatic rings. The van der Waals surface area contributed by atoms with E-state index < -0.39 is 0 Å². The average molecular weight is 336 g/mol. The molecule has 1 aliphatic heterocycles. The largest absolute Gasteiger partial charge is 0.463 e. The lowest BCUT2D eigenvalue weighted by Crippen LogP contribution is -2.26. The molecule has 0 spiro atoms. The van der Waals surface area contributed by atoms with Crippen LogP contribution in [0.1, 0.15) is 39.0 Å². The minimum atomic E-state index is -0.0851.